The summed E-state index contributed by atoms with van der Waals surface area (Å²) >= 11 is -0.114. The maximum atomic E-state index is 11.9. The van der Waals surface area contributed by atoms with Crippen molar-refractivity contribution in [2.45, 2.75) is 17.1 Å². The first-order valence-corrected chi connectivity index (χ1v) is 7.98. The summed E-state index contributed by atoms with van der Waals surface area (Å²) in [6.45, 7) is 0.308. The number of alkyl halides is 3. The number of hydrogen-bond acceptors (Lipinski definition) is 5. The van der Waals surface area contributed by atoms with Crippen molar-refractivity contribution in [1.82, 2.24) is 9.62 Å². The minimum atomic E-state index is -4.24. The molecule has 0 saturated heterocycles. The Balaban J connectivity index is 2.42. The SMILES string of the molecule is CN(C)S(=O)(=O)c1ccc(CNCCSC(F)(F)F)o1. The highest BCUT2D eigenvalue weighted by molar-refractivity contribution is 8.00. The molecule has 1 heterocycles. The van der Waals surface area contributed by atoms with Crippen LogP contribution in [0.2, 0.25) is 0 Å². The number of halogens is 3. The third-order valence-electron chi connectivity index (χ3n) is 2.22. The summed E-state index contributed by atoms with van der Waals surface area (Å²) in [5, 5.41) is 2.55. The molecule has 0 fully saturated rings. The van der Waals surface area contributed by atoms with Crippen molar-refractivity contribution < 1.29 is 26.0 Å². The number of furan rings is 1. The van der Waals surface area contributed by atoms with E-state index in [2.05, 4.69) is 5.32 Å². The van der Waals surface area contributed by atoms with E-state index in [-0.39, 0.29) is 35.7 Å². The third-order valence-corrected chi connectivity index (χ3v) is 4.64. The molecule has 5 nitrogen and oxygen atoms in total. The molecule has 1 aromatic heterocycles. The second-order valence-corrected chi connectivity index (χ2v) is 7.22. The standard InChI is InChI=1S/C10H15F3N2O3S2/c1-15(2)20(16,17)9-4-3-8(18-9)7-14-5-6-19-10(11,12)13/h3-4,14H,5-7H2,1-2H3. The van der Waals surface area contributed by atoms with Crippen LogP contribution in [0.3, 0.4) is 0 Å². The van der Waals surface area contributed by atoms with Crippen molar-refractivity contribution in [2.75, 3.05) is 26.4 Å². The monoisotopic (exact) mass is 332 g/mol. The van der Waals surface area contributed by atoms with E-state index in [4.69, 9.17) is 4.42 Å². The summed E-state index contributed by atoms with van der Waals surface area (Å²) < 4.78 is 65.2. The molecule has 0 radical (unpaired) electrons. The van der Waals surface area contributed by atoms with Gasteiger partial charge in [0.05, 0.1) is 6.54 Å². The van der Waals surface area contributed by atoms with Gasteiger partial charge in [-0.15, -0.1) is 0 Å². The molecular formula is C10H15F3N2O3S2. The van der Waals surface area contributed by atoms with E-state index in [1.165, 1.54) is 26.2 Å². The lowest BCUT2D eigenvalue weighted by Gasteiger charge is -2.08. The average molecular weight is 332 g/mol. The van der Waals surface area contributed by atoms with Gasteiger partial charge in [0.2, 0.25) is 5.09 Å². The van der Waals surface area contributed by atoms with Gasteiger partial charge in [-0.05, 0) is 23.9 Å². The third kappa shape index (κ3) is 5.35. The van der Waals surface area contributed by atoms with Gasteiger partial charge < -0.3 is 9.73 Å². The first kappa shape index (κ1) is 17.3. The minimum Gasteiger partial charge on any atom is -0.447 e. The normalized spacial score (nSPS) is 13.1. The van der Waals surface area contributed by atoms with Crippen LogP contribution < -0.4 is 5.32 Å². The highest BCUT2D eigenvalue weighted by atomic mass is 32.2. The summed E-state index contributed by atoms with van der Waals surface area (Å²) in [5.74, 6) is 0.231. The fraction of sp³-hybridized carbons (Fsp3) is 0.600. The zero-order valence-electron chi connectivity index (χ0n) is 10.9. The maximum absolute atomic E-state index is 11.9. The maximum Gasteiger partial charge on any atom is 0.441 e. The van der Waals surface area contributed by atoms with Crippen LogP contribution >= 0.6 is 11.8 Å². The quantitative estimate of drug-likeness (QED) is 0.773. The predicted octanol–water partition coefficient (Wildman–Crippen LogP) is 1.87. The minimum absolute atomic E-state index is 0.114. The van der Waals surface area contributed by atoms with E-state index < -0.39 is 15.5 Å². The Labute approximate surface area is 119 Å². The molecular weight excluding hydrogens is 317 g/mol. The molecule has 116 valence electrons. The van der Waals surface area contributed by atoms with Crippen LogP contribution in [0.5, 0.6) is 0 Å². The lowest BCUT2D eigenvalue weighted by molar-refractivity contribution is -0.0327. The Kier molecular flexibility index (Phi) is 5.92. The van der Waals surface area contributed by atoms with Crippen LogP contribution in [0.1, 0.15) is 5.76 Å². The van der Waals surface area contributed by atoms with Crippen LogP contribution in [0.25, 0.3) is 0 Å². The van der Waals surface area contributed by atoms with Crippen molar-refractivity contribution in [3.63, 3.8) is 0 Å². The van der Waals surface area contributed by atoms with Gasteiger partial charge in [-0.1, -0.05) is 0 Å². The largest absolute Gasteiger partial charge is 0.447 e. The fourth-order valence-electron chi connectivity index (χ4n) is 1.22. The van der Waals surface area contributed by atoms with Gasteiger partial charge in [-0.25, -0.2) is 12.7 Å². The average Bonchev–Trinajstić information content (AvgIpc) is 2.76. The summed E-state index contributed by atoms with van der Waals surface area (Å²) in [6.07, 6.45) is 0. The van der Waals surface area contributed by atoms with E-state index in [0.717, 1.165) is 4.31 Å². The second kappa shape index (κ2) is 6.83. The Morgan fingerprint density at radius 1 is 1.35 bits per heavy atom. The lowest BCUT2D eigenvalue weighted by Crippen LogP contribution is -2.21. The van der Waals surface area contributed by atoms with E-state index in [1.807, 2.05) is 0 Å². The number of nitrogens with zero attached hydrogens (tertiary/aromatic N) is 1. The van der Waals surface area contributed by atoms with E-state index >= 15 is 0 Å². The zero-order valence-corrected chi connectivity index (χ0v) is 12.5. The predicted molar refractivity (Wildman–Crippen MR) is 69.8 cm³/mol. The molecule has 0 aliphatic rings. The molecule has 0 aliphatic heterocycles. The topological polar surface area (TPSA) is 62.6 Å². The van der Waals surface area contributed by atoms with Crippen LogP contribution in [-0.2, 0) is 16.6 Å². The van der Waals surface area contributed by atoms with E-state index in [9.17, 15) is 21.6 Å². The molecule has 0 bridgehead atoms. The molecule has 1 N–H and O–H groups in total. The van der Waals surface area contributed by atoms with Crippen molar-refractivity contribution in [2.24, 2.45) is 0 Å². The van der Waals surface area contributed by atoms with Crippen LogP contribution in [0, 0.1) is 0 Å². The van der Waals surface area contributed by atoms with Gasteiger partial charge >= 0.3 is 5.51 Å². The number of thioether (sulfide) groups is 1. The molecule has 0 aliphatic carbocycles. The molecule has 0 amide bonds. The fourth-order valence-corrected chi connectivity index (χ4v) is 2.51. The van der Waals surface area contributed by atoms with E-state index in [0.29, 0.717) is 5.76 Å². The van der Waals surface area contributed by atoms with Crippen molar-refractivity contribution in [1.29, 1.82) is 0 Å². The van der Waals surface area contributed by atoms with Crippen LogP contribution in [-0.4, -0.2) is 44.6 Å². The molecule has 0 atom stereocenters. The molecule has 1 aromatic rings. The highest BCUT2D eigenvalue weighted by Gasteiger charge is 2.27. The molecule has 0 aromatic carbocycles. The van der Waals surface area contributed by atoms with Crippen molar-refractivity contribution in [3.05, 3.63) is 17.9 Å². The van der Waals surface area contributed by atoms with Gasteiger partial charge in [-0.3, -0.25) is 0 Å². The number of rotatable bonds is 7. The number of nitrogens with one attached hydrogen (secondary N) is 1. The van der Waals surface area contributed by atoms with Crippen molar-refractivity contribution in [3.8, 4) is 0 Å². The molecule has 20 heavy (non-hydrogen) atoms. The summed E-state index contributed by atoms with van der Waals surface area (Å²) in [6, 6.07) is 2.79. The highest BCUT2D eigenvalue weighted by Crippen LogP contribution is 2.29. The first-order chi connectivity index (χ1) is 9.13. The number of sulfonamides is 1. The van der Waals surface area contributed by atoms with Gasteiger partial charge in [0, 0.05) is 26.4 Å². The van der Waals surface area contributed by atoms with Crippen LogP contribution in [0.15, 0.2) is 21.6 Å². The van der Waals surface area contributed by atoms with Gasteiger partial charge in [-0.2, -0.15) is 13.2 Å². The molecule has 0 spiro atoms. The number of hydrogen-bond donors (Lipinski definition) is 1. The van der Waals surface area contributed by atoms with Gasteiger partial charge in [0.1, 0.15) is 5.76 Å². The second-order valence-electron chi connectivity index (χ2n) is 3.98. The Morgan fingerprint density at radius 3 is 2.55 bits per heavy atom. The Bertz CT molecular complexity index is 526. The zero-order chi connectivity index (χ0) is 15.4. The van der Waals surface area contributed by atoms with Crippen LogP contribution in [0.4, 0.5) is 13.2 Å². The lowest BCUT2D eigenvalue weighted by atomic mass is 10.4. The summed E-state index contributed by atoms with van der Waals surface area (Å²) in [5.41, 5.74) is -4.24. The smallest absolute Gasteiger partial charge is 0.441 e. The van der Waals surface area contributed by atoms with E-state index in [1.54, 1.807) is 0 Å². The summed E-state index contributed by atoms with van der Waals surface area (Å²) in [4.78, 5) is 0. The van der Waals surface area contributed by atoms with Gasteiger partial charge in [0.25, 0.3) is 10.0 Å². The first-order valence-electron chi connectivity index (χ1n) is 5.55. The Morgan fingerprint density at radius 2 is 2.00 bits per heavy atom. The molecule has 10 heteroatoms. The molecule has 0 saturated carbocycles. The van der Waals surface area contributed by atoms with Crippen molar-refractivity contribution >= 4 is 21.8 Å². The molecule has 0 unspecified atom stereocenters. The summed E-state index contributed by atoms with van der Waals surface area (Å²) in [7, 11) is -0.866. The van der Waals surface area contributed by atoms with Gasteiger partial charge in [0.15, 0.2) is 0 Å². The Hall–Kier alpha value is -0.710. The molecule has 1 rings (SSSR count).